The molecular weight excluding hydrogens is 707 g/mol. The molecule has 284 valence electrons. The second-order valence-corrected chi connectivity index (χ2v) is 13.3. The van der Waals surface area contributed by atoms with Gasteiger partial charge in [-0.05, 0) is 79.0 Å². The van der Waals surface area contributed by atoms with E-state index < -0.39 is 5.92 Å². The van der Waals surface area contributed by atoms with Crippen molar-refractivity contribution in [3.8, 4) is 0 Å². The quantitative estimate of drug-likeness (QED) is 0.109. The van der Waals surface area contributed by atoms with E-state index >= 15 is 0 Å². The number of hydrogen-bond acceptors (Lipinski definition) is 8. The Labute approximate surface area is 317 Å². The summed E-state index contributed by atoms with van der Waals surface area (Å²) in [5.74, 6) is -0.610. The van der Waals surface area contributed by atoms with Crippen molar-refractivity contribution in [1.82, 2.24) is 15.1 Å². The molecule has 1 aliphatic rings. The van der Waals surface area contributed by atoms with Crippen molar-refractivity contribution in [2.45, 2.75) is 24.8 Å². The SMILES string of the molecule is COCCOCCOCCOCCOCCNC(=O)Nc1cccc(C(CN2CCCC2)N(C)C(=O)C(c2ccc(Cl)cc2)c2ccc(Cl)cc2)c1. The Morgan fingerprint density at radius 1 is 0.731 bits per heavy atom. The zero-order chi connectivity index (χ0) is 37.0. The van der Waals surface area contributed by atoms with E-state index in [0.29, 0.717) is 88.3 Å². The van der Waals surface area contributed by atoms with Crippen molar-refractivity contribution in [2.24, 2.45) is 0 Å². The number of likely N-dealkylation sites (N-methyl/N-ethyl adjacent to an activating group) is 1. The van der Waals surface area contributed by atoms with Crippen LogP contribution in [-0.4, -0.2) is 122 Å². The molecule has 1 saturated heterocycles. The molecule has 0 bridgehead atoms. The topological polar surface area (TPSA) is 111 Å². The van der Waals surface area contributed by atoms with E-state index in [1.807, 2.05) is 60.5 Å². The van der Waals surface area contributed by atoms with Crippen LogP contribution < -0.4 is 10.6 Å². The van der Waals surface area contributed by atoms with Crippen LogP contribution in [0.25, 0.3) is 0 Å². The van der Waals surface area contributed by atoms with Crippen LogP contribution in [0.15, 0.2) is 72.8 Å². The van der Waals surface area contributed by atoms with E-state index in [2.05, 4.69) is 15.5 Å². The minimum atomic E-state index is -0.558. The number of methoxy groups -OCH3 is 1. The lowest BCUT2D eigenvalue weighted by molar-refractivity contribution is -0.133. The first-order valence-electron chi connectivity index (χ1n) is 17.8. The lowest BCUT2D eigenvalue weighted by Gasteiger charge is -2.35. The second-order valence-electron chi connectivity index (χ2n) is 12.5. The molecule has 1 atom stereocenters. The highest BCUT2D eigenvalue weighted by atomic mass is 35.5. The standard InChI is InChI=1S/C39H52Cl2N4O7/c1-44(38(46)37(30-8-12-33(40)13-9-30)31-10-14-34(41)15-11-31)36(29-45-17-3-4-18-45)32-6-5-7-35(28-32)43-39(47)42-16-19-49-22-23-51-26-27-52-25-24-50-21-20-48-2/h5-15,28,36-37H,3-4,16-27,29H2,1-2H3,(H2,42,43,47). The van der Waals surface area contributed by atoms with Gasteiger partial charge >= 0.3 is 6.03 Å². The normalized spacial score (nSPS) is 13.7. The average molecular weight is 760 g/mol. The molecule has 1 unspecified atom stereocenters. The van der Waals surface area contributed by atoms with Gasteiger partial charge in [0, 0.05) is 43.0 Å². The Hall–Kier alpha value is -3.26. The van der Waals surface area contributed by atoms with Crippen LogP contribution in [0.5, 0.6) is 0 Å². The smallest absolute Gasteiger partial charge is 0.319 e. The van der Waals surface area contributed by atoms with Crippen LogP contribution in [0, 0.1) is 0 Å². The summed E-state index contributed by atoms with van der Waals surface area (Å²) >= 11 is 12.4. The van der Waals surface area contributed by atoms with Crippen LogP contribution in [-0.2, 0) is 28.5 Å². The van der Waals surface area contributed by atoms with E-state index in [9.17, 15) is 9.59 Å². The van der Waals surface area contributed by atoms with Gasteiger partial charge in [0.2, 0.25) is 5.91 Å². The zero-order valence-corrected chi connectivity index (χ0v) is 31.7. The van der Waals surface area contributed by atoms with E-state index in [4.69, 9.17) is 46.9 Å². The van der Waals surface area contributed by atoms with Gasteiger partial charge in [0.15, 0.2) is 0 Å². The fraction of sp³-hybridized carbons (Fsp3) is 0.487. The molecule has 3 aromatic rings. The highest BCUT2D eigenvalue weighted by molar-refractivity contribution is 6.30. The molecule has 0 spiro atoms. The molecule has 2 N–H and O–H groups in total. The van der Waals surface area contributed by atoms with Crippen LogP contribution in [0.3, 0.4) is 0 Å². The number of hydrogen-bond donors (Lipinski definition) is 2. The Bertz CT molecular complexity index is 1430. The second kappa shape index (κ2) is 23.4. The summed E-state index contributed by atoms with van der Waals surface area (Å²) in [6, 6.07) is 21.9. The molecule has 0 saturated carbocycles. The summed E-state index contributed by atoms with van der Waals surface area (Å²) in [7, 11) is 3.49. The van der Waals surface area contributed by atoms with Crippen molar-refractivity contribution >= 4 is 40.8 Å². The Morgan fingerprint density at radius 2 is 1.25 bits per heavy atom. The largest absolute Gasteiger partial charge is 0.382 e. The molecule has 1 fully saturated rings. The third-order valence-corrected chi connectivity index (χ3v) is 9.21. The number of nitrogens with one attached hydrogen (secondary N) is 2. The number of ether oxygens (including phenoxy) is 5. The zero-order valence-electron chi connectivity index (χ0n) is 30.2. The summed E-state index contributed by atoms with van der Waals surface area (Å²) in [6.07, 6.45) is 2.26. The summed E-state index contributed by atoms with van der Waals surface area (Å²) in [5.41, 5.74) is 3.24. The van der Waals surface area contributed by atoms with Crippen LogP contribution in [0.1, 0.15) is 41.5 Å². The van der Waals surface area contributed by atoms with Crippen LogP contribution in [0.2, 0.25) is 10.0 Å². The number of halogens is 2. The van der Waals surface area contributed by atoms with Crippen molar-refractivity contribution < 1.29 is 33.3 Å². The van der Waals surface area contributed by atoms with Gasteiger partial charge in [-0.2, -0.15) is 0 Å². The van der Waals surface area contributed by atoms with Gasteiger partial charge in [0.25, 0.3) is 0 Å². The van der Waals surface area contributed by atoms with Gasteiger partial charge in [0.1, 0.15) is 0 Å². The maximum absolute atomic E-state index is 14.5. The minimum absolute atomic E-state index is 0.0526. The molecule has 0 aromatic heterocycles. The Kier molecular flexibility index (Phi) is 18.7. The van der Waals surface area contributed by atoms with Gasteiger partial charge in [-0.25, -0.2) is 4.79 Å². The van der Waals surface area contributed by atoms with Gasteiger partial charge in [-0.15, -0.1) is 0 Å². The fourth-order valence-electron chi connectivity index (χ4n) is 5.95. The monoisotopic (exact) mass is 758 g/mol. The Morgan fingerprint density at radius 3 is 1.79 bits per heavy atom. The number of rotatable bonds is 23. The maximum Gasteiger partial charge on any atom is 0.319 e. The fourth-order valence-corrected chi connectivity index (χ4v) is 6.20. The number of nitrogens with zero attached hydrogens (tertiary/aromatic N) is 2. The molecule has 11 nitrogen and oxygen atoms in total. The predicted molar refractivity (Wildman–Crippen MR) is 205 cm³/mol. The highest BCUT2D eigenvalue weighted by Crippen LogP contribution is 2.33. The van der Waals surface area contributed by atoms with E-state index in [0.717, 1.165) is 42.6 Å². The number of benzene rings is 3. The summed E-state index contributed by atoms with van der Waals surface area (Å²) < 4.78 is 26.8. The van der Waals surface area contributed by atoms with Crippen LogP contribution >= 0.6 is 23.2 Å². The average Bonchev–Trinajstić information content (AvgIpc) is 3.67. The molecule has 1 aliphatic heterocycles. The molecular formula is C39H52Cl2N4O7. The summed E-state index contributed by atoms with van der Waals surface area (Å²) in [6.45, 7) is 7.25. The number of carbonyl (C=O) groups excluding carboxylic acids is 2. The predicted octanol–water partition coefficient (Wildman–Crippen LogP) is 6.26. The van der Waals surface area contributed by atoms with Crippen molar-refractivity contribution in [1.29, 1.82) is 0 Å². The van der Waals surface area contributed by atoms with Crippen molar-refractivity contribution in [3.63, 3.8) is 0 Å². The molecule has 52 heavy (non-hydrogen) atoms. The van der Waals surface area contributed by atoms with Gasteiger partial charge in [0.05, 0.1) is 71.4 Å². The molecule has 0 aliphatic carbocycles. The lowest BCUT2D eigenvalue weighted by Crippen LogP contribution is -2.41. The summed E-state index contributed by atoms with van der Waals surface area (Å²) in [5, 5.41) is 6.97. The van der Waals surface area contributed by atoms with Crippen molar-refractivity contribution in [3.05, 3.63) is 99.5 Å². The van der Waals surface area contributed by atoms with Crippen molar-refractivity contribution in [2.75, 3.05) is 105 Å². The lowest BCUT2D eigenvalue weighted by atomic mass is 9.89. The molecule has 3 aromatic carbocycles. The number of likely N-dealkylation sites (tertiary alicyclic amines) is 1. The summed E-state index contributed by atoms with van der Waals surface area (Å²) in [4.78, 5) is 31.5. The molecule has 0 radical (unpaired) electrons. The van der Waals surface area contributed by atoms with Gasteiger partial charge in [-0.3, -0.25) is 4.79 Å². The van der Waals surface area contributed by atoms with E-state index in [1.165, 1.54) is 0 Å². The number of amides is 3. The molecule has 1 heterocycles. The van der Waals surface area contributed by atoms with E-state index in [1.54, 1.807) is 31.4 Å². The first-order chi connectivity index (χ1) is 25.4. The number of carbonyl (C=O) groups is 2. The maximum atomic E-state index is 14.5. The molecule has 4 rings (SSSR count). The number of urea groups is 1. The minimum Gasteiger partial charge on any atom is -0.382 e. The molecule has 3 amide bonds. The number of anilines is 1. The Balaban J connectivity index is 1.29. The first kappa shape index (κ1) is 41.5. The highest BCUT2D eigenvalue weighted by Gasteiger charge is 2.32. The third kappa shape index (κ3) is 14.3. The third-order valence-electron chi connectivity index (χ3n) is 8.71. The van der Waals surface area contributed by atoms with Crippen LogP contribution in [0.4, 0.5) is 10.5 Å². The van der Waals surface area contributed by atoms with Gasteiger partial charge < -0.3 is 44.1 Å². The van der Waals surface area contributed by atoms with Gasteiger partial charge in [-0.1, -0.05) is 59.6 Å². The molecule has 13 heteroatoms. The first-order valence-corrected chi connectivity index (χ1v) is 18.6. The van der Waals surface area contributed by atoms with E-state index in [-0.39, 0.29) is 18.0 Å².